The van der Waals surface area contributed by atoms with Crippen LogP contribution in [0.25, 0.3) is 11.5 Å². The van der Waals surface area contributed by atoms with Gasteiger partial charge >= 0.3 is 0 Å². The van der Waals surface area contributed by atoms with Crippen molar-refractivity contribution >= 4 is 34.1 Å². The van der Waals surface area contributed by atoms with Crippen LogP contribution in [0.15, 0.2) is 27.5 Å². The highest BCUT2D eigenvalue weighted by atomic mass is 32.2. The first-order chi connectivity index (χ1) is 13.2. The van der Waals surface area contributed by atoms with Crippen LogP contribution in [0.3, 0.4) is 0 Å². The molecule has 0 unspecified atom stereocenters. The number of amides is 1. The molecule has 1 aliphatic heterocycles. The molecule has 1 amide bonds. The molecule has 0 atom stereocenters. The van der Waals surface area contributed by atoms with Gasteiger partial charge in [-0.3, -0.25) is 20.0 Å². The summed E-state index contributed by atoms with van der Waals surface area (Å²) < 4.78 is 6.18. The van der Waals surface area contributed by atoms with Crippen molar-refractivity contribution in [2.24, 2.45) is 0 Å². The Kier molecular flexibility index (Phi) is 5.36. The fourth-order valence-corrected chi connectivity index (χ4v) is 4.24. The first-order valence-electron chi connectivity index (χ1n) is 8.29. The molecule has 4 rings (SSSR count). The van der Waals surface area contributed by atoms with E-state index >= 15 is 0 Å². The number of carbonyl (C=O) groups excluding carboxylic acids is 1. The summed E-state index contributed by atoms with van der Waals surface area (Å²) in [6.45, 7) is 3.70. The van der Waals surface area contributed by atoms with Gasteiger partial charge < -0.3 is 4.52 Å². The van der Waals surface area contributed by atoms with E-state index in [4.69, 9.17) is 4.52 Å². The number of rotatable bonds is 7. The minimum atomic E-state index is -0.108. The van der Waals surface area contributed by atoms with Crippen LogP contribution in [0, 0.1) is 0 Å². The number of nitrogens with one attached hydrogen (secondary N) is 1. The zero-order valence-electron chi connectivity index (χ0n) is 14.4. The third kappa shape index (κ3) is 4.28. The summed E-state index contributed by atoms with van der Waals surface area (Å²) in [4.78, 5) is 26.7. The van der Waals surface area contributed by atoms with E-state index < -0.39 is 0 Å². The fourth-order valence-electron chi connectivity index (χ4n) is 2.58. The molecule has 3 aromatic heterocycles. The Hall–Kier alpha value is -2.44. The van der Waals surface area contributed by atoms with E-state index in [1.165, 1.54) is 11.3 Å². The van der Waals surface area contributed by atoms with Gasteiger partial charge in [0, 0.05) is 25.5 Å². The van der Waals surface area contributed by atoms with Crippen LogP contribution < -0.4 is 5.32 Å². The number of anilines is 1. The largest absolute Gasteiger partial charge is 0.339 e. The van der Waals surface area contributed by atoms with Crippen LogP contribution in [0.4, 0.5) is 5.13 Å². The first kappa shape index (κ1) is 17.9. The Bertz CT molecular complexity index is 909. The van der Waals surface area contributed by atoms with Crippen molar-refractivity contribution in [2.75, 3.05) is 30.7 Å². The monoisotopic (exact) mass is 404 g/mol. The number of likely N-dealkylation sites (tertiary alicyclic amines) is 1. The van der Waals surface area contributed by atoms with E-state index in [1.807, 2.05) is 11.8 Å². The van der Waals surface area contributed by atoms with Crippen LogP contribution >= 0.6 is 23.1 Å². The second kappa shape index (κ2) is 8.06. The number of hydrogen-bond acceptors (Lipinski definition) is 11. The molecule has 140 valence electrons. The van der Waals surface area contributed by atoms with Crippen LogP contribution in [0.5, 0.6) is 0 Å². The van der Waals surface area contributed by atoms with Crippen LogP contribution in [0.2, 0.25) is 0 Å². The summed E-state index contributed by atoms with van der Waals surface area (Å²) in [5.41, 5.74) is 0.570. The first-order valence-corrected chi connectivity index (χ1v) is 10.1. The number of nitrogens with zero attached hydrogens (tertiary/aromatic N) is 7. The zero-order chi connectivity index (χ0) is 18.6. The van der Waals surface area contributed by atoms with Gasteiger partial charge in [-0.05, 0) is 5.75 Å². The molecule has 10 nitrogen and oxygen atoms in total. The van der Waals surface area contributed by atoms with E-state index in [-0.39, 0.29) is 18.4 Å². The van der Waals surface area contributed by atoms with Crippen LogP contribution in [-0.4, -0.2) is 66.5 Å². The highest BCUT2D eigenvalue weighted by Crippen LogP contribution is 2.28. The van der Waals surface area contributed by atoms with Gasteiger partial charge in [-0.2, -0.15) is 4.98 Å². The average Bonchev–Trinajstić information content (AvgIpc) is 3.29. The SMILES string of the molecule is CCSc1nnc(NC(=O)CN2CC(c3nc(-c4cnccn4)no3)C2)s1. The van der Waals surface area contributed by atoms with Crippen molar-refractivity contribution in [3.05, 3.63) is 24.5 Å². The number of carbonyl (C=O) groups is 1. The molecule has 0 saturated carbocycles. The van der Waals surface area contributed by atoms with Crippen molar-refractivity contribution < 1.29 is 9.32 Å². The van der Waals surface area contributed by atoms with E-state index in [1.54, 1.807) is 30.4 Å². The fraction of sp³-hybridized carbons (Fsp3) is 0.400. The minimum absolute atomic E-state index is 0.108. The lowest BCUT2D eigenvalue weighted by Gasteiger charge is -2.36. The highest BCUT2D eigenvalue weighted by Gasteiger charge is 2.33. The second-order valence-electron chi connectivity index (χ2n) is 5.79. The third-order valence-electron chi connectivity index (χ3n) is 3.83. The third-order valence-corrected chi connectivity index (χ3v) is 5.68. The molecular weight excluding hydrogens is 388 g/mol. The van der Waals surface area contributed by atoms with E-state index in [2.05, 4.69) is 35.6 Å². The molecule has 1 aliphatic rings. The highest BCUT2D eigenvalue weighted by molar-refractivity contribution is 8.01. The van der Waals surface area contributed by atoms with Gasteiger partial charge in [-0.25, -0.2) is 4.98 Å². The van der Waals surface area contributed by atoms with Gasteiger partial charge in [0.15, 0.2) is 4.34 Å². The molecule has 0 aliphatic carbocycles. The van der Waals surface area contributed by atoms with Gasteiger partial charge in [-0.1, -0.05) is 35.2 Å². The predicted octanol–water partition coefficient (Wildman–Crippen LogP) is 1.53. The Morgan fingerprint density at radius 2 is 2.30 bits per heavy atom. The summed E-state index contributed by atoms with van der Waals surface area (Å²) in [7, 11) is 0. The molecule has 0 spiro atoms. The zero-order valence-corrected chi connectivity index (χ0v) is 16.0. The quantitative estimate of drug-likeness (QED) is 0.458. The lowest BCUT2D eigenvalue weighted by atomic mass is 10.0. The topological polar surface area (TPSA) is 123 Å². The average molecular weight is 404 g/mol. The van der Waals surface area contributed by atoms with Crippen molar-refractivity contribution in [2.45, 2.75) is 17.2 Å². The molecule has 3 aromatic rings. The maximum Gasteiger partial charge on any atom is 0.240 e. The summed E-state index contributed by atoms with van der Waals surface area (Å²) in [6, 6.07) is 0. The second-order valence-corrected chi connectivity index (χ2v) is 8.28. The lowest BCUT2D eigenvalue weighted by Crippen LogP contribution is -2.48. The molecule has 1 saturated heterocycles. The van der Waals surface area contributed by atoms with Crippen molar-refractivity contribution in [1.29, 1.82) is 0 Å². The molecule has 4 heterocycles. The molecule has 27 heavy (non-hydrogen) atoms. The summed E-state index contributed by atoms with van der Waals surface area (Å²) in [5.74, 6) is 1.91. The maximum atomic E-state index is 12.1. The van der Waals surface area contributed by atoms with Gasteiger partial charge in [-0.15, -0.1) is 10.2 Å². The van der Waals surface area contributed by atoms with Crippen molar-refractivity contribution in [3.63, 3.8) is 0 Å². The van der Waals surface area contributed by atoms with Gasteiger partial charge in [0.25, 0.3) is 0 Å². The Balaban J connectivity index is 1.26. The molecule has 1 N–H and O–H groups in total. The normalized spacial score (nSPS) is 14.9. The minimum Gasteiger partial charge on any atom is -0.339 e. The van der Waals surface area contributed by atoms with E-state index in [9.17, 15) is 4.79 Å². The van der Waals surface area contributed by atoms with Crippen molar-refractivity contribution in [1.82, 2.24) is 35.2 Å². The number of thioether (sulfide) groups is 1. The Morgan fingerprint density at radius 3 is 3.07 bits per heavy atom. The summed E-state index contributed by atoms with van der Waals surface area (Å²) in [6.07, 6.45) is 4.76. The lowest BCUT2D eigenvalue weighted by molar-refractivity contribution is -0.118. The Labute approximate surface area is 162 Å². The van der Waals surface area contributed by atoms with E-state index in [0.717, 1.165) is 10.1 Å². The van der Waals surface area contributed by atoms with Crippen LogP contribution in [0.1, 0.15) is 18.7 Å². The molecule has 1 fully saturated rings. The number of aromatic nitrogens is 6. The van der Waals surface area contributed by atoms with Gasteiger partial charge in [0.2, 0.25) is 22.8 Å². The molecule has 0 radical (unpaired) electrons. The molecular formula is C15H16N8O2S2. The van der Waals surface area contributed by atoms with Gasteiger partial charge in [0.05, 0.1) is 18.7 Å². The number of hydrogen-bond donors (Lipinski definition) is 1. The molecule has 0 aromatic carbocycles. The summed E-state index contributed by atoms with van der Waals surface area (Å²) >= 11 is 2.99. The maximum absolute atomic E-state index is 12.1. The van der Waals surface area contributed by atoms with Gasteiger partial charge in [0.1, 0.15) is 5.69 Å². The molecule has 12 heteroatoms. The molecule has 0 bridgehead atoms. The summed E-state index contributed by atoms with van der Waals surface area (Å²) in [5, 5.41) is 15.2. The standard InChI is InChI=1S/C15H16N8O2S2/c1-2-26-15-21-20-14(27-15)18-11(24)8-23-6-9(7-23)13-19-12(22-25-13)10-5-16-3-4-17-10/h3-5,9H,2,6-8H2,1H3,(H,18,20,24). The van der Waals surface area contributed by atoms with Crippen molar-refractivity contribution in [3.8, 4) is 11.5 Å². The smallest absolute Gasteiger partial charge is 0.240 e. The predicted molar refractivity (Wildman–Crippen MR) is 99.4 cm³/mol. The van der Waals surface area contributed by atoms with Crippen LogP contribution in [-0.2, 0) is 4.79 Å². The van der Waals surface area contributed by atoms with E-state index in [0.29, 0.717) is 35.6 Å². The Morgan fingerprint density at radius 1 is 1.41 bits per heavy atom.